The quantitative estimate of drug-likeness (QED) is 0.893. The maximum atomic E-state index is 12.2. The molecule has 1 saturated carbocycles. The molecule has 1 heterocycles. The van der Waals surface area contributed by atoms with Crippen molar-refractivity contribution >= 4 is 17.3 Å². The number of fused-ring (bicyclic) bond motifs is 1. The van der Waals surface area contributed by atoms with Crippen molar-refractivity contribution in [1.82, 2.24) is 0 Å². The lowest BCUT2D eigenvalue weighted by atomic mass is 9.96. The van der Waals surface area contributed by atoms with E-state index in [-0.39, 0.29) is 5.91 Å². The monoisotopic (exact) mass is 291 g/mol. The fourth-order valence-corrected chi connectivity index (χ4v) is 2.93. The van der Waals surface area contributed by atoms with Crippen LogP contribution in [0, 0.1) is 0 Å². The fraction of sp³-hybridized carbons (Fsp3) is 0.222. The van der Waals surface area contributed by atoms with Gasteiger partial charge in [0.2, 0.25) is 0 Å². The molecule has 1 atom stereocenters. The highest BCUT2D eigenvalue weighted by molar-refractivity contribution is 6.20. The molecule has 1 amide bonds. The number of carbonyl (C=O) groups excluding carboxylic acids is 1. The van der Waals surface area contributed by atoms with Crippen LogP contribution in [0.3, 0.4) is 0 Å². The summed E-state index contributed by atoms with van der Waals surface area (Å²) in [5, 5.41) is 2.98. The molecule has 22 heavy (non-hydrogen) atoms. The molecule has 0 spiro atoms. The number of anilines is 1. The second kappa shape index (κ2) is 5.07. The van der Waals surface area contributed by atoms with Crippen LogP contribution in [0.15, 0.2) is 53.5 Å². The molecule has 2 aromatic rings. The van der Waals surface area contributed by atoms with Gasteiger partial charge in [0.1, 0.15) is 0 Å². The topological polar surface area (TPSA) is 67.5 Å². The van der Waals surface area contributed by atoms with Gasteiger partial charge in [0, 0.05) is 11.1 Å². The van der Waals surface area contributed by atoms with E-state index in [9.17, 15) is 4.79 Å². The Labute approximate surface area is 129 Å². The number of nitrogens with zero attached hydrogens (tertiary/aromatic N) is 1. The second-order valence-corrected chi connectivity index (χ2v) is 5.82. The van der Waals surface area contributed by atoms with Gasteiger partial charge in [-0.15, -0.1) is 0 Å². The normalized spacial score (nSPS) is 20.7. The molecule has 0 radical (unpaired) electrons. The predicted molar refractivity (Wildman–Crippen MR) is 87.1 cm³/mol. The van der Waals surface area contributed by atoms with E-state index < -0.39 is 6.17 Å². The summed E-state index contributed by atoms with van der Waals surface area (Å²) in [6.07, 6.45) is 1.47. The SMILES string of the molecule is NC1N=C(c2ccccc2)c2cccc(C3CC3)c2NC1=O. The summed E-state index contributed by atoms with van der Waals surface area (Å²) < 4.78 is 0. The van der Waals surface area contributed by atoms with Gasteiger partial charge >= 0.3 is 0 Å². The summed E-state index contributed by atoms with van der Waals surface area (Å²) in [4.78, 5) is 16.7. The molecular formula is C18H17N3O. The molecule has 0 saturated heterocycles. The maximum Gasteiger partial charge on any atom is 0.263 e. The van der Waals surface area contributed by atoms with Crippen molar-refractivity contribution in [3.8, 4) is 0 Å². The van der Waals surface area contributed by atoms with Crippen molar-refractivity contribution in [2.45, 2.75) is 24.9 Å². The Morgan fingerprint density at radius 1 is 1.05 bits per heavy atom. The predicted octanol–water partition coefficient (Wildman–Crippen LogP) is 2.64. The van der Waals surface area contributed by atoms with Gasteiger partial charge < -0.3 is 11.1 Å². The first-order chi connectivity index (χ1) is 10.7. The van der Waals surface area contributed by atoms with E-state index in [0.717, 1.165) is 22.5 Å². The molecule has 4 heteroatoms. The summed E-state index contributed by atoms with van der Waals surface area (Å²) >= 11 is 0. The van der Waals surface area contributed by atoms with E-state index in [2.05, 4.69) is 16.4 Å². The lowest BCUT2D eigenvalue weighted by Crippen LogP contribution is -2.33. The van der Waals surface area contributed by atoms with Gasteiger partial charge in [-0.25, -0.2) is 0 Å². The molecule has 1 aliphatic heterocycles. The lowest BCUT2D eigenvalue weighted by Gasteiger charge is -2.14. The summed E-state index contributed by atoms with van der Waals surface area (Å²) in [5.41, 5.74) is 10.7. The van der Waals surface area contributed by atoms with Crippen LogP contribution >= 0.6 is 0 Å². The number of aliphatic imine (C=N–C) groups is 1. The number of hydrogen-bond acceptors (Lipinski definition) is 3. The third kappa shape index (κ3) is 2.22. The van der Waals surface area contributed by atoms with E-state index in [0.29, 0.717) is 5.92 Å². The van der Waals surface area contributed by atoms with Gasteiger partial charge in [-0.05, 0) is 24.3 Å². The number of para-hydroxylation sites is 1. The summed E-state index contributed by atoms with van der Waals surface area (Å²) in [6.45, 7) is 0. The second-order valence-electron chi connectivity index (χ2n) is 5.82. The average Bonchev–Trinajstić information content (AvgIpc) is 3.38. The molecule has 0 bridgehead atoms. The van der Waals surface area contributed by atoms with Crippen LogP contribution in [0.25, 0.3) is 0 Å². The smallest absolute Gasteiger partial charge is 0.263 e. The molecule has 0 aromatic heterocycles. The lowest BCUT2D eigenvalue weighted by molar-refractivity contribution is -0.117. The molecule has 110 valence electrons. The van der Waals surface area contributed by atoms with Crippen LogP contribution in [0.5, 0.6) is 0 Å². The third-order valence-electron chi connectivity index (χ3n) is 4.20. The molecule has 1 aliphatic carbocycles. The largest absolute Gasteiger partial charge is 0.322 e. The van der Waals surface area contributed by atoms with Crippen LogP contribution < -0.4 is 11.1 Å². The Hall–Kier alpha value is -2.46. The molecule has 4 nitrogen and oxygen atoms in total. The first-order valence-electron chi connectivity index (χ1n) is 7.57. The zero-order valence-electron chi connectivity index (χ0n) is 12.1. The highest BCUT2D eigenvalue weighted by Crippen LogP contribution is 2.45. The van der Waals surface area contributed by atoms with Gasteiger partial charge in [-0.3, -0.25) is 9.79 Å². The van der Waals surface area contributed by atoms with Crippen molar-refractivity contribution < 1.29 is 4.79 Å². The Morgan fingerprint density at radius 3 is 2.55 bits per heavy atom. The molecule has 4 rings (SSSR count). The number of benzodiazepines with no additional fused rings is 1. The van der Waals surface area contributed by atoms with Crippen molar-refractivity contribution in [2.75, 3.05) is 5.32 Å². The van der Waals surface area contributed by atoms with Crippen molar-refractivity contribution in [2.24, 2.45) is 10.7 Å². The van der Waals surface area contributed by atoms with Gasteiger partial charge in [0.15, 0.2) is 6.17 Å². The first kappa shape index (κ1) is 13.2. The van der Waals surface area contributed by atoms with Crippen molar-refractivity contribution in [3.05, 3.63) is 65.2 Å². The van der Waals surface area contributed by atoms with Gasteiger partial charge in [0.05, 0.1) is 11.4 Å². The number of amides is 1. The average molecular weight is 291 g/mol. The van der Waals surface area contributed by atoms with Crippen LogP contribution in [-0.2, 0) is 4.79 Å². The van der Waals surface area contributed by atoms with E-state index in [4.69, 9.17) is 5.73 Å². The van der Waals surface area contributed by atoms with Crippen LogP contribution in [-0.4, -0.2) is 17.8 Å². The van der Waals surface area contributed by atoms with E-state index >= 15 is 0 Å². The van der Waals surface area contributed by atoms with Gasteiger partial charge in [-0.2, -0.15) is 0 Å². The maximum absolute atomic E-state index is 12.2. The minimum absolute atomic E-state index is 0.250. The van der Waals surface area contributed by atoms with E-state index in [1.807, 2.05) is 42.5 Å². The highest BCUT2D eigenvalue weighted by atomic mass is 16.2. The van der Waals surface area contributed by atoms with Crippen LogP contribution in [0.4, 0.5) is 5.69 Å². The molecule has 1 fully saturated rings. The number of carbonyl (C=O) groups is 1. The van der Waals surface area contributed by atoms with Gasteiger partial charge in [-0.1, -0.05) is 48.5 Å². The zero-order chi connectivity index (χ0) is 15.1. The summed E-state index contributed by atoms with van der Waals surface area (Å²) in [5.74, 6) is 0.293. The minimum Gasteiger partial charge on any atom is -0.322 e. The van der Waals surface area contributed by atoms with Crippen LogP contribution in [0.2, 0.25) is 0 Å². The first-order valence-corrected chi connectivity index (χ1v) is 7.57. The molecule has 1 unspecified atom stereocenters. The zero-order valence-corrected chi connectivity index (χ0v) is 12.1. The van der Waals surface area contributed by atoms with E-state index in [1.165, 1.54) is 18.4 Å². The number of rotatable bonds is 2. The molecule has 2 aliphatic rings. The Kier molecular flexibility index (Phi) is 3.05. The Balaban J connectivity index is 1.93. The summed E-state index contributed by atoms with van der Waals surface area (Å²) in [7, 11) is 0. The molecular weight excluding hydrogens is 274 g/mol. The fourth-order valence-electron chi connectivity index (χ4n) is 2.93. The number of nitrogens with two attached hydrogens (primary N) is 1. The Bertz CT molecular complexity index is 763. The number of nitrogens with one attached hydrogen (secondary N) is 1. The standard InChI is InChI=1S/C18H17N3O/c19-17-18(22)21-16-13(11-9-10-11)7-4-8-14(16)15(20-17)12-5-2-1-3-6-12/h1-8,11,17H,9-10,19H2,(H,21,22). The van der Waals surface area contributed by atoms with Crippen LogP contribution in [0.1, 0.15) is 35.4 Å². The Morgan fingerprint density at radius 2 is 1.82 bits per heavy atom. The van der Waals surface area contributed by atoms with Crippen molar-refractivity contribution in [1.29, 1.82) is 0 Å². The number of benzene rings is 2. The summed E-state index contributed by atoms with van der Waals surface area (Å²) in [6, 6.07) is 16.0. The third-order valence-corrected chi connectivity index (χ3v) is 4.20. The van der Waals surface area contributed by atoms with Gasteiger partial charge in [0.25, 0.3) is 5.91 Å². The van der Waals surface area contributed by atoms with E-state index in [1.54, 1.807) is 0 Å². The number of hydrogen-bond donors (Lipinski definition) is 2. The molecule has 3 N–H and O–H groups in total. The molecule has 2 aromatic carbocycles. The highest BCUT2D eigenvalue weighted by Gasteiger charge is 2.31. The minimum atomic E-state index is -0.880. The van der Waals surface area contributed by atoms with Crippen molar-refractivity contribution in [3.63, 3.8) is 0 Å².